The molecule has 0 radical (unpaired) electrons. The fraction of sp³-hybridized carbons (Fsp3) is 0.400. The first-order chi connectivity index (χ1) is 9.13. The maximum absolute atomic E-state index is 11.4. The van der Waals surface area contributed by atoms with Gasteiger partial charge >= 0.3 is 0 Å². The van der Waals surface area contributed by atoms with E-state index in [1.807, 2.05) is 18.2 Å². The third-order valence-corrected chi connectivity index (χ3v) is 3.95. The van der Waals surface area contributed by atoms with Crippen molar-refractivity contribution >= 4 is 23.1 Å². The Labute approximate surface area is 118 Å². The minimum absolute atomic E-state index is 0.420. The van der Waals surface area contributed by atoms with Crippen molar-refractivity contribution in [2.24, 2.45) is 0 Å². The van der Waals surface area contributed by atoms with Gasteiger partial charge in [0.1, 0.15) is 0 Å². The Kier molecular flexibility index (Phi) is 4.61. The summed E-state index contributed by atoms with van der Waals surface area (Å²) in [6.07, 6.45) is 6.86. The molecule has 0 aliphatic heterocycles. The quantitative estimate of drug-likeness (QED) is 0.651. The maximum Gasteiger partial charge on any atom is 0.250 e. The fourth-order valence-corrected chi connectivity index (χ4v) is 2.70. The van der Waals surface area contributed by atoms with Gasteiger partial charge in [-0.05, 0) is 55.4 Å². The molecule has 4 heteroatoms. The number of hydrogen-bond donors (Lipinski definition) is 2. The Balaban J connectivity index is 2.26. The molecule has 2 rings (SSSR count). The largest absolute Gasteiger partial charge is 0.289 e. The zero-order valence-corrected chi connectivity index (χ0v) is 11.7. The van der Waals surface area contributed by atoms with Crippen LogP contribution in [0.1, 0.15) is 49.7 Å². The van der Waals surface area contributed by atoms with Gasteiger partial charge in [0.15, 0.2) is 0 Å². The molecule has 1 atom stereocenters. The van der Waals surface area contributed by atoms with Crippen molar-refractivity contribution < 1.29 is 10.0 Å². The van der Waals surface area contributed by atoms with Crippen LogP contribution < -0.4 is 5.48 Å². The maximum atomic E-state index is 11.4. The van der Waals surface area contributed by atoms with Gasteiger partial charge < -0.3 is 0 Å². The Morgan fingerprint density at radius 2 is 2.21 bits per heavy atom. The number of hydroxylamine groups is 1. The third kappa shape index (κ3) is 3.17. The lowest BCUT2D eigenvalue weighted by molar-refractivity contribution is -0.130. The summed E-state index contributed by atoms with van der Waals surface area (Å²) in [5, 5.41) is 9.32. The van der Waals surface area contributed by atoms with Crippen LogP contribution in [0.25, 0.3) is 5.57 Å². The molecule has 1 amide bonds. The second-order valence-electron chi connectivity index (χ2n) is 4.91. The van der Waals surface area contributed by atoms with Gasteiger partial charge in [0.25, 0.3) is 5.91 Å². The van der Waals surface area contributed by atoms with Crippen LogP contribution in [0.5, 0.6) is 0 Å². The summed E-state index contributed by atoms with van der Waals surface area (Å²) >= 11 is 6.32. The van der Waals surface area contributed by atoms with Crippen LogP contribution in [-0.4, -0.2) is 11.1 Å². The summed E-state index contributed by atoms with van der Waals surface area (Å²) in [7, 11) is 0. The first-order valence-electron chi connectivity index (χ1n) is 6.56. The molecule has 0 aromatic heterocycles. The van der Waals surface area contributed by atoms with Gasteiger partial charge in [-0.25, -0.2) is 5.48 Å². The van der Waals surface area contributed by atoms with Crippen molar-refractivity contribution in [3.05, 3.63) is 40.4 Å². The third-order valence-electron chi connectivity index (χ3n) is 3.63. The van der Waals surface area contributed by atoms with E-state index >= 15 is 0 Å². The van der Waals surface area contributed by atoms with E-state index < -0.39 is 11.8 Å². The molecule has 1 unspecified atom stereocenters. The summed E-state index contributed by atoms with van der Waals surface area (Å²) in [4.78, 5) is 11.4. The molecule has 0 spiro atoms. The number of allylic oxidation sites excluding steroid dienone is 2. The number of carbonyl (C=O) groups excluding carboxylic acids is 1. The highest BCUT2D eigenvalue weighted by Gasteiger charge is 2.17. The topological polar surface area (TPSA) is 49.3 Å². The predicted octanol–water partition coefficient (Wildman–Crippen LogP) is 3.91. The molecule has 1 aliphatic carbocycles. The Morgan fingerprint density at radius 1 is 1.42 bits per heavy atom. The van der Waals surface area contributed by atoms with E-state index in [0.29, 0.717) is 5.02 Å². The summed E-state index contributed by atoms with van der Waals surface area (Å²) in [6.45, 7) is 1.73. The number of nitrogens with one attached hydrogen (secondary N) is 1. The van der Waals surface area contributed by atoms with E-state index in [4.69, 9.17) is 16.8 Å². The molecule has 0 bridgehead atoms. The normalized spacial score (nSPS) is 16.7. The van der Waals surface area contributed by atoms with Crippen LogP contribution >= 0.6 is 11.6 Å². The average Bonchev–Trinajstić information content (AvgIpc) is 2.46. The standard InChI is InChI=1S/C15H18ClNO2/c1-10(15(18)17-19)12-7-8-13(14(16)9-12)11-5-3-2-4-6-11/h5,7-10,19H,2-4,6H2,1H3,(H,17,18). The Morgan fingerprint density at radius 3 is 2.79 bits per heavy atom. The second-order valence-corrected chi connectivity index (χ2v) is 5.32. The van der Waals surface area contributed by atoms with Crippen LogP contribution in [-0.2, 0) is 4.79 Å². The zero-order chi connectivity index (χ0) is 13.8. The molecule has 3 nitrogen and oxygen atoms in total. The van der Waals surface area contributed by atoms with Crippen molar-refractivity contribution in [3.63, 3.8) is 0 Å². The molecule has 1 aromatic rings. The number of halogens is 1. The van der Waals surface area contributed by atoms with Gasteiger partial charge in [0.05, 0.1) is 5.92 Å². The van der Waals surface area contributed by atoms with Crippen LogP contribution in [0, 0.1) is 0 Å². The average molecular weight is 280 g/mol. The lowest BCUT2D eigenvalue weighted by Gasteiger charge is -2.16. The van der Waals surface area contributed by atoms with E-state index in [-0.39, 0.29) is 0 Å². The molecule has 0 heterocycles. The number of rotatable bonds is 3. The van der Waals surface area contributed by atoms with Crippen molar-refractivity contribution in [2.45, 2.75) is 38.5 Å². The predicted molar refractivity (Wildman–Crippen MR) is 76.2 cm³/mol. The number of carbonyl (C=O) groups is 1. The summed E-state index contributed by atoms with van der Waals surface area (Å²) in [6, 6.07) is 5.68. The Hall–Kier alpha value is -1.32. The van der Waals surface area contributed by atoms with Crippen LogP contribution in [0.2, 0.25) is 5.02 Å². The summed E-state index contributed by atoms with van der Waals surface area (Å²) in [5.41, 5.74) is 4.82. The van der Waals surface area contributed by atoms with Gasteiger partial charge in [-0.2, -0.15) is 0 Å². The first kappa shape index (κ1) is 14.1. The molecular weight excluding hydrogens is 262 g/mol. The van der Waals surface area contributed by atoms with Crippen LogP contribution in [0.3, 0.4) is 0 Å². The zero-order valence-electron chi connectivity index (χ0n) is 10.9. The van der Waals surface area contributed by atoms with Gasteiger partial charge in [-0.1, -0.05) is 29.8 Å². The molecule has 1 aromatic carbocycles. The molecule has 0 saturated heterocycles. The molecule has 2 N–H and O–H groups in total. The number of benzene rings is 1. The molecule has 1 aliphatic rings. The van der Waals surface area contributed by atoms with Gasteiger partial charge in [0.2, 0.25) is 0 Å². The summed E-state index contributed by atoms with van der Waals surface area (Å²) in [5.74, 6) is -0.849. The smallest absolute Gasteiger partial charge is 0.250 e. The monoisotopic (exact) mass is 279 g/mol. The highest BCUT2D eigenvalue weighted by atomic mass is 35.5. The van der Waals surface area contributed by atoms with E-state index in [9.17, 15) is 4.79 Å². The molecule has 0 saturated carbocycles. The Bertz CT molecular complexity index is 511. The minimum atomic E-state index is -0.430. The minimum Gasteiger partial charge on any atom is -0.289 e. The van der Waals surface area contributed by atoms with E-state index in [1.165, 1.54) is 18.4 Å². The van der Waals surface area contributed by atoms with Gasteiger partial charge in [0, 0.05) is 5.02 Å². The fourth-order valence-electron chi connectivity index (χ4n) is 2.39. The van der Waals surface area contributed by atoms with Gasteiger partial charge in [-0.3, -0.25) is 10.0 Å². The van der Waals surface area contributed by atoms with E-state index in [2.05, 4.69) is 6.08 Å². The van der Waals surface area contributed by atoms with Crippen molar-refractivity contribution in [1.82, 2.24) is 5.48 Å². The lowest BCUT2D eigenvalue weighted by atomic mass is 9.91. The lowest BCUT2D eigenvalue weighted by Crippen LogP contribution is -2.24. The molecule has 102 valence electrons. The molecule has 0 fully saturated rings. The van der Waals surface area contributed by atoms with Crippen molar-refractivity contribution in [1.29, 1.82) is 0 Å². The van der Waals surface area contributed by atoms with Crippen molar-refractivity contribution in [3.8, 4) is 0 Å². The highest BCUT2D eigenvalue weighted by Crippen LogP contribution is 2.33. The molecule has 19 heavy (non-hydrogen) atoms. The number of amides is 1. The second kappa shape index (κ2) is 6.22. The first-order valence-corrected chi connectivity index (χ1v) is 6.94. The van der Waals surface area contributed by atoms with Crippen LogP contribution in [0.15, 0.2) is 24.3 Å². The van der Waals surface area contributed by atoms with Gasteiger partial charge in [-0.15, -0.1) is 0 Å². The van der Waals surface area contributed by atoms with Crippen molar-refractivity contribution in [2.75, 3.05) is 0 Å². The SMILES string of the molecule is CC(C(=O)NO)c1ccc(C2=CCCCC2)c(Cl)c1. The summed E-state index contributed by atoms with van der Waals surface area (Å²) < 4.78 is 0. The highest BCUT2D eigenvalue weighted by molar-refractivity contribution is 6.32. The van der Waals surface area contributed by atoms with Crippen LogP contribution in [0.4, 0.5) is 0 Å². The van der Waals surface area contributed by atoms with E-state index in [1.54, 1.807) is 12.4 Å². The molecular formula is C15H18ClNO2. The number of hydrogen-bond acceptors (Lipinski definition) is 2. The van der Waals surface area contributed by atoms with E-state index in [0.717, 1.165) is 24.0 Å².